The smallest absolute Gasteiger partial charge is 0.146 e. The minimum absolute atomic E-state index is 0.181. The van der Waals surface area contributed by atoms with E-state index < -0.39 is 0 Å². The lowest BCUT2D eigenvalue weighted by atomic mass is 9.90. The molecule has 0 radical (unpaired) electrons. The van der Waals surface area contributed by atoms with Crippen LogP contribution in [0.1, 0.15) is 38.7 Å². The molecular formula is C17H24ClFN2. The van der Waals surface area contributed by atoms with E-state index in [4.69, 9.17) is 11.6 Å². The van der Waals surface area contributed by atoms with Gasteiger partial charge >= 0.3 is 0 Å². The summed E-state index contributed by atoms with van der Waals surface area (Å²) in [7, 11) is 0. The Bertz CT molecular complexity index is 518. The molecule has 1 aliphatic carbocycles. The largest absolute Gasteiger partial charge is 0.308 e. The van der Waals surface area contributed by atoms with Crippen LogP contribution in [0.4, 0.5) is 4.39 Å². The zero-order valence-electron chi connectivity index (χ0n) is 12.8. The first-order valence-electron chi connectivity index (χ1n) is 7.95. The molecule has 1 N–H and O–H groups in total. The third-order valence-electron chi connectivity index (χ3n) is 5.14. The van der Waals surface area contributed by atoms with Crippen molar-refractivity contribution in [3.05, 3.63) is 34.6 Å². The fourth-order valence-corrected chi connectivity index (χ4v) is 3.75. The molecule has 2 unspecified atom stereocenters. The molecule has 0 bridgehead atoms. The Kier molecular flexibility index (Phi) is 4.26. The lowest BCUT2D eigenvalue weighted by molar-refractivity contribution is 0.0657. The van der Waals surface area contributed by atoms with E-state index in [9.17, 15) is 4.39 Å². The van der Waals surface area contributed by atoms with Gasteiger partial charge < -0.3 is 5.32 Å². The van der Waals surface area contributed by atoms with Gasteiger partial charge in [-0.25, -0.2) is 4.39 Å². The van der Waals surface area contributed by atoms with Crippen molar-refractivity contribution >= 4 is 11.6 Å². The van der Waals surface area contributed by atoms with Gasteiger partial charge in [0.2, 0.25) is 0 Å². The average Bonchev–Trinajstić information content (AvgIpc) is 3.29. The van der Waals surface area contributed by atoms with Gasteiger partial charge in [0.25, 0.3) is 0 Å². The van der Waals surface area contributed by atoms with Crippen molar-refractivity contribution in [1.82, 2.24) is 10.2 Å². The van der Waals surface area contributed by atoms with E-state index >= 15 is 0 Å². The SMILES string of the molecule is CCC1CNC(C)(C2CC2)CN1Cc1cccc(Cl)c1F. The number of benzene rings is 1. The molecule has 2 nitrogen and oxygen atoms in total. The first-order valence-corrected chi connectivity index (χ1v) is 8.33. The standard InChI is InChI=1S/C17H24ClFN2/c1-3-14-9-20-17(2,13-7-8-13)11-21(14)10-12-5-4-6-15(18)16(12)19/h4-6,13-14,20H,3,7-11H2,1-2H3. The maximum Gasteiger partial charge on any atom is 0.146 e. The molecule has 116 valence electrons. The van der Waals surface area contributed by atoms with E-state index in [2.05, 4.69) is 24.1 Å². The summed E-state index contributed by atoms with van der Waals surface area (Å²) >= 11 is 5.91. The molecule has 3 rings (SSSR count). The van der Waals surface area contributed by atoms with E-state index in [0.29, 0.717) is 18.2 Å². The second-order valence-corrected chi connectivity index (χ2v) is 7.16. The highest BCUT2D eigenvalue weighted by Gasteiger charge is 2.45. The summed E-state index contributed by atoms with van der Waals surface area (Å²) in [5.74, 6) is 0.516. The first kappa shape index (κ1) is 15.3. The highest BCUT2D eigenvalue weighted by Crippen LogP contribution is 2.41. The lowest BCUT2D eigenvalue weighted by Gasteiger charge is -2.46. The number of nitrogens with zero attached hydrogens (tertiary/aromatic N) is 1. The number of rotatable bonds is 4. The van der Waals surface area contributed by atoms with Crippen molar-refractivity contribution in [2.45, 2.75) is 51.2 Å². The van der Waals surface area contributed by atoms with Crippen molar-refractivity contribution < 1.29 is 4.39 Å². The Hall–Kier alpha value is -0.640. The van der Waals surface area contributed by atoms with Crippen LogP contribution in [0.2, 0.25) is 5.02 Å². The van der Waals surface area contributed by atoms with Crippen LogP contribution in [-0.2, 0) is 6.54 Å². The summed E-state index contributed by atoms with van der Waals surface area (Å²) in [5.41, 5.74) is 0.891. The molecule has 4 heteroatoms. The van der Waals surface area contributed by atoms with E-state index in [0.717, 1.165) is 25.4 Å². The molecule has 0 amide bonds. The fourth-order valence-electron chi connectivity index (χ4n) is 3.56. The molecule has 1 saturated carbocycles. The Morgan fingerprint density at radius 1 is 1.43 bits per heavy atom. The van der Waals surface area contributed by atoms with Crippen LogP contribution in [0.3, 0.4) is 0 Å². The second-order valence-electron chi connectivity index (χ2n) is 6.75. The summed E-state index contributed by atoms with van der Waals surface area (Å²) in [6, 6.07) is 5.77. The number of nitrogens with one attached hydrogen (secondary N) is 1. The molecular weight excluding hydrogens is 287 g/mol. The fraction of sp³-hybridized carbons (Fsp3) is 0.647. The Balaban J connectivity index is 1.78. The molecule has 2 aliphatic rings. The quantitative estimate of drug-likeness (QED) is 0.909. The molecule has 1 aromatic carbocycles. The predicted octanol–water partition coefficient (Wildman–Crippen LogP) is 3.83. The van der Waals surface area contributed by atoms with E-state index in [1.807, 2.05) is 12.1 Å². The Morgan fingerprint density at radius 2 is 2.19 bits per heavy atom. The van der Waals surface area contributed by atoms with Gasteiger partial charge in [-0.1, -0.05) is 30.7 Å². The van der Waals surface area contributed by atoms with Crippen LogP contribution in [0.15, 0.2) is 18.2 Å². The summed E-state index contributed by atoms with van der Waals surface area (Å²) in [5, 5.41) is 3.96. The molecule has 0 aromatic heterocycles. The van der Waals surface area contributed by atoms with Crippen LogP contribution < -0.4 is 5.32 Å². The number of hydrogen-bond donors (Lipinski definition) is 1. The van der Waals surface area contributed by atoms with Gasteiger partial charge in [0, 0.05) is 36.8 Å². The van der Waals surface area contributed by atoms with Gasteiger partial charge in [0.05, 0.1) is 5.02 Å². The minimum atomic E-state index is -0.263. The monoisotopic (exact) mass is 310 g/mol. The van der Waals surface area contributed by atoms with Crippen LogP contribution in [0.5, 0.6) is 0 Å². The van der Waals surface area contributed by atoms with Gasteiger partial charge in [-0.2, -0.15) is 0 Å². The molecule has 0 spiro atoms. The minimum Gasteiger partial charge on any atom is -0.308 e. The van der Waals surface area contributed by atoms with Crippen molar-refractivity contribution in [3.63, 3.8) is 0 Å². The summed E-state index contributed by atoms with van der Waals surface area (Å²) in [6.07, 6.45) is 3.72. The van der Waals surface area contributed by atoms with Crippen molar-refractivity contribution in [3.8, 4) is 0 Å². The van der Waals surface area contributed by atoms with Crippen molar-refractivity contribution in [2.24, 2.45) is 5.92 Å². The lowest BCUT2D eigenvalue weighted by Crippen LogP contribution is -2.63. The molecule has 2 atom stereocenters. The summed E-state index contributed by atoms with van der Waals surface area (Å²) in [4.78, 5) is 2.43. The number of halogens is 2. The number of hydrogen-bond acceptors (Lipinski definition) is 2. The molecule has 1 aliphatic heterocycles. The van der Waals surface area contributed by atoms with Gasteiger partial charge in [-0.05, 0) is 38.2 Å². The molecule has 1 saturated heterocycles. The zero-order valence-corrected chi connectivity index (χ0v) is 13.6. The van der Waals surface area contributed by atoms with E-state index in [-0.39, 0.29) is 16.4 Å². The summed E-state index contributed by atoms with van der Waals surface area (Å²) in [6.45, 7) is 7.15. The van der Waals surface area contributed by atoms with E-state index in [1.54, 1.807) is 6.07 Å². The highest BCUT2D eigenvalue weighted by molar-refractivity contribution is 6.30. The third-order valence-corrected chi connectivity index (χ3v) is 5.44. The first-order chi connectivity index (χ1) is 10.0. The highest BCUT2D eigenvalue weighted by atomic mass is 35.5. The number of piperazine rings is 1. The summed E-state index contributed by atoms with van der Waals surface area (Å²) < 4.78 is 14.2. The van der Waals surface area contributed by atoms with Crippen molar-refractivity contribution in [2.75, 3.05) is 13.1 Å². The maximum atomic E-state index is 14.2. The average molecular weight is 311 g/mol. The zero-order chi connectivity index (χ0) is 15.0. The third kappa shape index (κ3) is 3.10. The second kappa shape index (κ2) is 5.86. The van der Waals surface area contributed by atoms with Crippen LogP contribution >= 0.6 is 11.6 Å². The van der Waals surface area contributed by atoms with Crippen LogP contribution in [-0.4, -0.2) is 29.6 Å². The Labute approximate surface area is 131 Å². The van der Waals surface area contributed by atoms with Gasteiger partial charge in [-0.3, -0.25) is 4.90 Å². The molecule has 21 heavy (non-hydrogen) atoms. The van der Waals surface area contributed by atoms with Gasteiger partial charge in [0.15, 0.2) is 0 Å². The van der Waals surface area contributed by atoms with Crippen LogP contribution in [0.25, 0.3) is 0 Å². The maximum absolute atomic E-state index is 14.2. The predicted molar refractivity (Wildman–Crippen MR) is 85.0 cm³/mol. The normalized spacial score (nSPS) is 30.6. The topological polar surface area (TPSA) is 15.3 Å². The Morgan fingerprint density at radius 3 is 2.86 bits per heavy atom. The van der Waals surface area contributed by atoms with Crippen molar-refractivity contribution in [1.29, 1.82) is 0 Å². The van der Waals surface area contributed by atoms with Crippen LogP contribution in [0, 0.1) is 11.7 Å². The molecule has 1 heterocycles. The van der Waals surface area contributed by atoms with Gasteiger partial charge in [-0.15, -0.1) is 0 Å². The molecule has 2 fully saturated rings. The molecule has 1 aromatic rings. The van der Waals surface area contributed by atoms with E-state index in [1.165, 1.54) is 12.8 Å². The van der Waals surface area contributed by atoms with Gasteiger partial charge in [0.1, 0.15) is 5.82 Å².